The highest BCUT2D eigenvalue weighted by Crippen LogP contribution is 2.13. The number of anilines is 1. The van der Waals surface area contributed by atoms with Gasteiger partial charge in [-0.25, -0.2) is 4.79 Å². The first kappa shape index (κ1) is 12.8. The van der Waals surface area contributed by atoms with Crippen LogP contribution in [0.2, 0.25) is 0 Å². The van der Waals surface area contributed by atoms with Crippen molar-refractivity contribution in [1.82, 2.24) is 0 Å². The van der Waals surface area contributed by atoms with Gasteiger partial charge in [0.05, 0.1) is 6.61 Å². The van der Waals surface area contributed by atoms with Crippen LogP contribution < -0.4 is 5.32 Å². The van der Waals surface area contributed by atoms with E-state index in [1.54, 1.807) is 13.0 Å². The molecule has 0 heterocycles. The molecular formula is C13H14N2O2. The third-order valence-corrected chi connectivity index (χ3v) is 2.13. The van der Waals surface area contributed by atoms with Gasteiger partial charge in [0.25, 0.3) is 0 Å². The van der Waals surface area contributed by atoms with E-state index in [-0.39, 0.29) is 12.2 Å². The van der Waals surface area contributed by atoms with Gasteiger partial charge in [-0.1, -0.05) is 18.2 Å². The molecule has 0 amide bonds. The lowest BCUT2D eigenvalue weighted by Crippen LogP contribution is -2.08. The van der Waals surface area contributed by atoms with Crippen LogP contribution in [-0.2, 0) is 9.53 Å². The number of benzene rings is 1. The topological polar surface area (TPSA) is 62.1 Å². The van der Waals surface area contributed by atoms with E-state index in [1.807, 2.05) is 31.2 Å². The molecule has 0 bridgehead atoms. The molecule has 0 saturated heterocycles. The zero-order valence-electron chi connectivity index (χ0n) is 9.86. The van der Waals surface area contributed by atoms with Crippen LogP contribution >= 0.6 is 0 Å². The minimum Gasteiger partial charge on any atom is -0.462 e. The number of carbonyl (C=O) groups excluding carboxylic acids is 1. The standard InChI is InChI=1S/C13H14N2O2/c1-3-17-13(16)11(8-14)9-15-12-7-5-4-6-10(12)2/h4-7,9,15H,3H2,1-2H3/b11-9-. The molecule has 1 aromatic rings. The number of para-hydroxylation sites is 1. The molecule has 0 unspecified atom stereocenters. The van der Waals surface area contributed by atoms with Gasteiger partial charge in [0.2, 0.25) is 0 Å². The number of nitrogens with one attached hydrogen (secondary N) is 1. The first-order valence-electron chi connectivity index (χ1n) is 5.28. The number of nitriles is 1. The normalized spacial score (nSPS) is 10.5. The Balaban J connectivity index is 2.79. The number of hydrogen-bond acceptors (Lipinski definition) is 4. The van der Waals surface area contributed by atoms with Crippen LogP contribution in [0.3, 0.4) is 0 Å². The maximum absolute atomic E-state index is 11.3. The Kier molecular flexibility index (Phi) is 4.77. The van der Waals surface area contributed by atoms with Crippen LogP contribution in [0.1, 0.15) is 12.5 Å². The third kappa shape index (κ3) is 3.65. The maximum atomic E-state index is 11.3. The summed E-state index contributed by atoms with van der Waals surface area (Å²) in [6.45, 7) is 3.89. The number of rotatable bonds is 4. The Bertz CT molecular complexity index is 473. The summed E-state index contributed by atoms with van der Waals surface area (Å²) >= 11 is 0. The molecule has 4 nitrogen and oxygen atoms in total. The smallest absolute Gasteiger partial charge is 0.350 e. The van der Waals surface area contributed by atoms with Gasteiger partial charge in [-0.2, -0.15) is 5.26 Å². The van der Waals surface area contributed by atoms with Crippen molar-refractivity contribution >= 4 is 11.7 Å². The Hall–Kier alpha value is -2.28. The van der Waals surface area contributed by atoms with Crippen molar-refractivity contribution in [2.75, 3.05) is 11.9 Å². The molecule has 0 aromatic heterocycles. The van der Waals surface area contributed by atoms with E-state index in [0.717, 1.165) is 11.3 Å². The second kappa shape index (κ2) is 6.33. The van der Waals surface area contributed by atoms with Gasteiger partial charge in [0.15, 0.2) is 5.57 Å². The zero-order chi connectivity index (χ0) is 12.7. The van der Waals surface area contributed by atoms with Crippen LogP contribution in [0.25, 0.3) is 0 Å². The zero-order valence-corrected chi connectivity index (χ0v) is 9.86. The van der Waals surface area contributed by atoms with E-state index in [9.17, 15) is 4.79 Å². The van der Waals surface area contributed by atoms with Gasteiger partial charge < -0.3 is 10.1 Å². The van der Waals surface area contributed by atoms with Gasteiger partial charge in [0.1, 0.15) is 6.07 Å². The monoisotopic (exact) mass is 230 g/mol. The number of esters is 1. The average Bonchev–Trinajstić information content (AvgIpc) is 2.32. The van der Waals surface area contributed by atoms with Crippen LogP contribution in [0.15, 0.2) is 36.0 Å². The second-order valence-electron chi connectivity index (χ2n) is 3.35. The maximum Gasteiger partial charge on any atom is 0.350 e. The molecule has 0 aliphatic heterocycles. The Morgan fingerprint density at radius 3 is 2.82 bits per heavy atom. The van der Waals surface area contributed by atoms with E-state index >= 15 is 0 Å². The first-order chi connectivity index (χ1) is 8.19. The van der Waals surface area contributed by atoms with Crippen molar-refractivity contribution in [2.45, 2.75) is 13.8 Å². The number of hydrogen-bond donors (Lipinski definition) is 1. The molecule has 0 aliphatic carbocycles. The minimum atomic E-state index is -0.615. The van der Waals surface area contributed by atoms with Crippen LogP contribution in [0.5, 0.6) is 0 Å². The van der Waals surface area contributed by atoms with Gasteiger partial charge in [0, 0.05) is 11.9 Å². The Labute approximate surface area is 101 Å². The largest absolute Gasteiger partial charge is 0.462 e. The number of ether oxygens (including phenoxy) is 1. The number of nitrogens with zero attached hydrogens (tertiary/aromatic N) is 1. The highest BCUT2D eigenvalue weighted by molar-refractivity contribution is 5.93. The predicted molar refractivity (Wildman–Crippen MR) is 65.1 cm³/mol. The molecule has 1 N–H and O–H groups in total. The van der Waals surface area contributed by atoms with Crippen molar-refractivity contribution < 1.29 is 9.53 Å². The summed E-state index contributed by atoms with van der Waals surface area (Å²) in [7, 11) is 0. The average molecular weight is 230 g/mol. The molecule has 0 radical (unpaired) electrons. The minimum absolute atomic E-state index is 0.0462. The summed E-state index contributed by atoms with van der Waals surface area (Å²) in [6.07, 6.45) is 1.36. The van der Waals surface area contributed by atoms with E-state index in [1.165, 1.54) is 6.20 Å². The second-order valence-corrected chi connectivity index (χ2v) is 3.35. The number of carbonyl (C=O) groups is 1. The molecular weight excluding hydrogens is 216 g/mol. The fourth-order valence-electron chi connectivity index (χ4n) is 1.23. The summed E-state index contributed by atoms with van der Waals surface area (Å²) in [5, 5.41) is 11.7. The molecule has 0 spiro atoms. The van der Waals surface area contributed by atoms with E-state index in [0.29, 0.717) is 0 Å². The molecule has 17 heavy (non-hydrogen) atoms. The van der Waals surface area contributed by atoms with Crippen molar-refractivity contribution in [3.8, 4) is 6.07 Å². The Morgan fingerprint density at radius 1 is 1.53 bits per heavy atom. The SMILES string of the molecule is CCOC(=O)/C(C#N)=C\Nc1ccccc1C. The lowest BCUT2D eigenvalue weighted by Gasteiger charge is -2.05. The Morgan fingerprint density at radius 2 is 2.24 bits per heavy atom. The number of aryl methyl sites for hydroxylation is 1. The highest BCUT2D eigenvalue weighted by Gasteiger charge is 2.09. The van der Waals surface area contributed by atoms with Crippen molar-refractivity contribution in [3.63, 3.8) is 0 Å². The fourth-order valence-corrected chi connectivity index (χ4v) is 1.23. The van der Waals surface area contributed by atoms with Crippen LogP contribution in [0.4, 0.5) is 5.69 Å². The first-order valence-corrected chi connectivity index (χ1v) is 5.28. The molecule has 1 rings (SSSR count). The molecule has 0 aliphatic rings. The van der Waals surface area contributed by atoms with Gasteiger partial charge in [-0.05, 0) is 25.5 Å². The lowest BCUT2D eigenvalue weighted by molar-refractivity contribution is -0.138. The van der Waals surface area contributed by atoms with Gasteiger partial charge in [-0.15, -0.1) is 0 Å². The molecule has 1 aromatic carbocycles. The van der Waals surface area contributed by atoms with Gasteiger partial charge >= 0.3 is 5.97 Å². The van der Waals surface area contributed by atoms with Gasteiger partial charge in [-0.3, -0.25) is 0 Å². The van der Waals surface area contributed by atoms with E-state index in [2.05, 4.69) is 5.32 Å². The molecule has 0 saturated carbocycles. The van der Waals surface area contributed by atoms with Crippen molar-refractivity contribution in [2.24, 2.45) is 0 Å². The lowest BCUT2D eigenvalue weighted by atomic mass is 10.2. The fraction of sp³-hybridized carbons (Fsp3) is 0.231. The van der Waals surface area contributed by atoms with Crippen molar-refractivity contribution in [3.05, 3.63) is 41.6 Å². The molecule has 0 fully saturated rings. The summed E-state index contributed by atoms with van der Waals surface area (Å²) in [5.74, 6) is -0.615. The van der Waals surface area contributed by atoms with Crippen LogP contribution in [0, 0.1) is 18.3 Å². The predicted octanol–water partition coefficient (Wildman–Crippen LogP) is 2.38. The van der Waals surface area contributed by atoms with Crippen molar-refractivity contribution in [1.29, 1.82) is 5.26 Å². The summed E-state index contributed by atoms with van der Waals surface area (Å²) in [5.41, 5.74) is 1.84. The quantitative estimate of drug-likeness (QED) is 0.490. The molecule has 88 valence electrons. The summed E-state index contributed by atoms with van der Waals surface area (Å²) in [6, 6.07) is 9.40. The summed E-state index contributed by atoms with van der Waals surface area (Å²) in [4.78, 5) is 11.3. The third-order valence-electron chi connectivity index (χ3n) is 2.13. The highest BCUT2D eigenvalue weighted by atomic mass is 16.5. The molecule has 0 atom stereocenters. The molecule has 4 heteroatoms. The van der Waals surface area contributed by atoms with E-state index < -0.39 is 5.97 Å². The summed E-state index contributed by atoms with van der Waals surface area (Å²) < 4.78 is 4.74. The van der Waals surface area contributed by atoms with E-state index in [4.69, 9.17) is 10.00 Å². The van der Waals surface area contributed by atoms with Crippen LogP contribution in [-0.4, -0.2) is 12.6 Å².